The smallest absolute Gasteiger partial charge is 0.227 e. The summed E-state index contributed by atoms with van der Waals surface area (Å²) in [5.74, 6) is 0.615. The van der Waals surface area contributed by atoms with Crippen molar-refractivity contribution in [3.05, 3.63) is 60.7 Å². The Balaban J connectivity index is 1.63. The summed E-state index contributed by atoms with van der Waals surface area (Å²) in [4.78, 5) is 16.5. The second-order valence-corrected chi connectivity index (χ2v) is 6.42. The Morgan fingerprint density at radius 1 is 1.04 bits per heavy atom. The molecule has 0 aliphatic carbocycles. The average Bonchev–Trinajstić information content (AvgIpc) is 3.09. The molecule has 26 heavy (non-hydrogen) atoms. The number of hydrogen-bond donors (Lipinski definition) is 1. The van der Waals surface area contributed by atoms with Gasteiger partial charge in [-0.25, -0.2) is 4.98 Å². The summed E-state index contributed by atoms with van der Waals surface area (Å²) in [5.41, 5.74) is 3.13. The Kier molecular flexibility index (Phi) is 4.40. The highest BCUT2D eigenvalue weighted by Crippen LogP contribution is 2.28. The Morgan fingerprint density at radius 3 is 2.73 bits per heavy atom. The zero-order valence-corrected chi connectivity index (χ0v) is 14.7. The van der Waals surface area contributed by atoms with E-state index in [-0.39, 0.29) is 5.91 Å². The number of hydrogen-bond acceptors (Lipinski definition) is 3. The number of unbranched alkanes of at least 4 members (excludes halogenated alkanes) is 1. The Labute approximate surface area is 151 Å². The van der Waals surface area contributed by atoms with Crippen LogP contribution in [0.4, 0.5) is 5.69 Å². The standard InChI is InChI=1S/C22H20N2O2/c1-2-3-8-21(25)23-18-11-12-20-19(14-18)24-22(26-20)17-10-9-15-6-4-5-7-16(15)13-17/h4-7,9-14H,2-3,8H2,1H3,(H,23,25). The van der Waals surface area contributed by atoms with Crippen LogP contribution in [0.1, 0.15) is 26.2 Å². The largest absolute Gasteiger partial charge is 0.436 e. The number of carbonyl (C=O) groups is 1. The van der Waals surface area contributed by atoms with Gasteiger partial charge in [-0.3, -0.25) is 4.79 Å². The van der Waals surface area contributed by atoms with Gasteiger partial charge in [0.15, 0.2) is 5.58 Å². The molecule has 4 rings (SSSR count). The molecule has 0 saturated carbocycles. The van der Waals surface area contributed by atoms with Crippen molar-refractivity contribution in [3.63, 3.8) is 0 Å². The first-order valence-electron chi connectivity index (χ1n) is 8.92. The summed E-state index contributed by atoms with van der Waals surface area (Å²) in [7, 11) is 0. The molecule has 1 N–H and O–H groups in total. The number of nitrogens with one attached hydrogen (secondary N) is 1. The van der Waals surface area contributed by atoms with E-state index < -0.39 is 0 Å². The van der Waals surface area contributed by atoms with E-state index in [0.29, 0.717) is 17.9 Å². The lowest BCUT2D eigenvalue weighted by Gasteiger charge is -2.03. The van der Waals surface area contributed by atoms with Crippen LogP contribution in [0.5, 0.6) is 0 Å². The molecular weight excluding hydrogens is 324 g/mol. The molecule has 130 valence electrons. The van der Waals surface area contributed by atoms with Crippen molar-refractivity contribution in [1.82, 2.24) is 4.98 Å². The average molecular weight is 344 g/mol. The molecule has 4 heteroatoms. The van der Waals surface area contributed by atoms with Crippen LogP contribution in [-0.4, -0.2) is 10.9 Å². The molecule has 0 spiro atoms. The molecule has 0 fully saturated rings. The molecule has 0 aliphatic rings. The monoisotopic (exact) mass is 344 g/mol. The molecule has 1 amide bonds. The van der Waals surface area contributed by atoms with Gasteiger partial charge in [0.25, 0.3) is 0 Å². The fraction of sp³-hybridized carbons (Fsp3) is 0.182. The normalized spacial score (nSPS) is 11.1. The van der Waals surface area contributed by atoms with Crippen LogP contribution >= 0.6 is 0 Å². The van der Waals surface area contributed by atoms with Crippen LogP contribution in [0.25, 0.3) is 33.3 Å². The first-order valence-corrected chi connectivity index (χ1v) is 8.92. The van der Waals surface area contributed by atoms with E-state index in [1.165, 1.54) is 5.39 Å². The number of aromatic nitrogens is 1. The minimum atomic E-state index is 0.0319. The highest BCUT2D eigenvalue weighted by atomic mass is 16.3. The summed E-state index contributed by atoms with van der Waals surface area (Å²) in [5, 5.41) is 5.26. The van der Waals surface area contributed by atoms with Crippen molar-refractivity contribution in [2.24, 2.45) is 0 Å². The van der Waals surface area contributed by atoms with Crippen LogP contribution in [0, 0.1) is 0 Å². The zero-order chi connectivity index (χ0) is 17.9. The van der Waals surface area contributed by atoms with Crippen LogP contribution in [0.2, 0.25) is 0 Å². The van der Waals surface area contributed by atoms with Crippen LogP contribution in [0.15, 0.2) is 65.1 Å². The molecule has 0 radical (unpaired) electrons. The Hall–Kier alpha value is -3.14. The zero-order valence-electron chi connectivity index (χ0n) is 14.7. The van der Waals surface area contributed by atoms with Gasteiger partial charge in [-0.1, -0.05) is 43.7 Å². The van der Waals surface area contributed by atoms with E-state index >= 15 is 0 Å². The van der Waals surface area contributed by atoms with E-state index in [0.717, 1.165) is 35.0 Å². The highest BCUT2D eigenvalue weighted by Gasteiger charge is 2.10. The second-order valence-electron chi connectivity index (χ2n) is 6.42. The van der Waals surface area contributed by atoms with E-state index in [1.807, 2.05) is 36.4 Å². The van der Waals surface area contributed by atoms with Gasteiger partial charge in [0.1, 0.15) is 5.52 Å². The highest BCUT2D eigenvalue weighted by molar-refractivity contribution is 5.93. The van der Waals surface area contributed by atoms with Crippen LogP contribution < -0.4 is 5.32 Å². The summed E-state index contributed by atoms with van der Waals surface area (Å²) in [6, 6.07) is 19.9. The van der Waals surface area contributed by atoms with E-state index in [9.17, 15) is 4.79 Å². The van der Waals surface area contributed by atoms with Crippen molar-refractivity contribution in [1.29, 1.82) is 0 Å². The molecule has 0 saturated heterocycles. The Bertz CT molecular complexity index is 1080. The van der Waals surface area contributed by atoms with Crippen molar-refractivity contribution in [2.45, 2.75) is 26.2 Å². The van der Waals surface area contributed by atoms with Gasteiger partial charge in [-0.2, -0.15) is 0 Å². The number of anilines is 1. The number of carbonyl (C=O) groups excluding carboxylic acids is 1. The van der Waals surface area contributed by atoms with Gasteiger partial charge in [0.2, 0.25) is 11.8 Å². The van der Waals surface area contributed by atoms with E-state index in [1.54, 1.807) is 0 Å². The fourth-order valence-electron chi connectivity index (χ4n) is 3.01. The molecule has 1 heterocycles. The minimum Gasteiger partial charge on any atom is -0.436 e. The number of fused-ring (bicyclic) bond motifs is 2. The van der Waals surface area contributed by atoms with Gasteiger partial charge < -0.3 is 9.73 Å². The maximum absolute atomic E-state index is 11.9. The first-order chi connectivity index (χ1) is 12.7. The van der Waals surface area contributed by atoms with E-state index in [4.69, 9.17) is 4.42 Å². The van der Waals surface area contributed by atoms with Gasteiger partial charge in [-0.05, 0) is 47.5 Å². The topological polar surface area (TPSA) is 55.1 Å². The Morgan fingerprint density at radius 2 is 1.88 bits per heavy atom. The first kappa shape index (κ1) is 16.3. The maximum Gasteiger partial charge on any atom is 0.227 e. The number of amides is 1. The lowest BCUT2D eigenvalue weighted by Crippen LogP contribution is -2.10. The number of benzene rings is 3. The molecular formula is C22H20N2O2. The molecule has 0 bridgehead atoms. The van der Waals surface area contributed by atoms with Gasteiger partial charge in [-0.15, -0.1) is 0 Å². The second kappa shape index (κ2) is 7.00. The SMILES string of the molecule is CCCCC(=O)Nc1ccc2oc(-c3ccc4ccccc4c3)nc2c1. The predicted octanol–water partition coefficient (Wildman–Crippen LogP) is 5.78. The number of nitrogens with zero attached hydrogens (tertiary/aromatic N) is 1. The molecule has 3 aromatic carbocycles. The van der Waals surface area contributed by atoms with E-state index in [2.05, 4.69) is 41.5 Å². The fourth-order valence-corrected chi connectivity index (χ4v) is 3.01. The molecule has 0 aliphatic heterocycles. The van der Waals surface area contributed by atoms with Crippen LogP contribution in [0.3, 0.4) is 0 Å². The van der Waals surface area contributed by atoms with Gasteiger partial charge in [0, 0.05) is 17.7 Å². The van der Waals surface area contributed by atoms with Crippen LogP contribution in [-0.2, 0) is 4.79 Å². The van der Waals surface area contributed by atoms with Gasteiger partial charge in [0.05, 0.1) is 0 Å². The summed E-state index contributed by atoms with van der Waals surface area (Å²) >= 11 is 0. The molecule has 4 aromatic rings. The molecule has 0 unspecified atom stereocenters. The lowest BCUT2D eigenvalue weighted by molar-refractivity contribution is -0.116. The third-order valence-corrected chi connectivity index (χ3v) is 4.43. The summed E-state index contributed by atoms with van der Waals surface area (Å²) in [6.07, 6.45) is 2.44. The number of rotatable bonds is 5. The third kappa shape index (κ3) is 3.31. The molecule has 4 nitrogen and oxygen atoms in total. The quantitative estimate of drug-likeness (QED) is 0.499. The lowest BCUT2D eigenvalue weighted by atomic mass is 10.1. The molecule has 0 atom stereocenters. The number of oxazole rings is 1. The summed E-state index contributed by atoms with van der Waals surface area (Å²) < 4.78 is 5.90. The van der Waals surface area contributed by atoms with Crippen molar-refractivity contribution < 1.29 is 9.21 Å². The molecule has 1 aromatic heterocycles. The van der Waals surface area contributed by atoms with Crippen molar-refractivity contribution >= 4 is 33.5 Å². The predicted molar refractivity (Wildman–Crippen MR) is 105 cm³/mol. The van der Waals surface area contributed by atoms with Crippen molar-refractivity contribution in [2.75, 3.05) is 5.32 Å². The summed E-state index contributed by atoms with van der Waals surface area (Å²) in [6.45, 7) is 2.07. The maximum atomic E-state index is 11.9. The minimum absolute atomic E-state index is 0.0319. The van der Waals surface area contributed by atoms with Crippen molar-refractivity contribution in [3.8, 4) is 11.5 Å². The third-order valence-electron chi connectivity index (χ3n) is 4.43. The van der Waals surface area contributed by atoms with Gasteiger partial charge >= 0.3 is 0 Å².